The number of hydrogen-bond acceptors (Lipinski definition) is 1. The Bertz CT molecular complexity index is 404. The predicted octanol–water partition coefficient (Wildman–Crippen LogP) is 7.66. The van der Waals surface area contributed by atoms with Gasteiger partial charge in [0.15, 0.2) is 11.7 Å². The lowest BCUT2D eigenvalue weighted by Crippen LogP contribution is -2.14. The van der Waals surface area contributed by atoms with Crippen LogP contribution in [0, 0.1) is 11.8 Å². The Morgan fingerprint density at radius 2 is 1.38 bits per heavy atom. The van der Waals surface area contributed by atoms with Crippen molar-refractivity contribution in [2.75, 3.05) is 7.11 Å². The molecule has 1 fully saturated rings. The molecule has 0 atom stereocenters. The monoisotopic (exact) mass is 342 g/mol. The van der Waals surface area contributed by atoms with Crippen LogP contribution in [0.5, 0.6) is 0 Å². The van der Waals surface area contributed by atoms with E-state index in [-0.39, 0.29) is 11.3 Å². The largest absolute Gasteiger partial charge is 0.494 e. The van der Waals surface area contributed by atoms with E-state index in [0.29, 0.717) is 12.3 Å². The fraction of sp³-hybridized carbons (Fsp3) is 0.714. The summed E-state index contributed by atoms with van der Waals surface area (Å²) >= 11 is 0. The number of halogens is 2. The zero-order valence-electron chi connectivity index (χ0n) is 16.1. The van der Waals surface area contributed by atoms with Crippen molar-refractivity contribution in [3.63, 3.8) is 0 Å². The Balaban J connectivity index is 0.00000163. The molecule has 0 aliphatic heterocycles. The first-order valence-electron chi connectivity index (χ1n) is 9.37. The van der Waals surface area contributed by atoms with E-state index in [9.17, 15) is 8.78 Å². The van der Waals surface area contributed by atoms with Crippen LogP contribution in [0.15, 0.2) is 36.1 Å². The summed E-state index contributed by atoms with van der Waals surface area (Å²) in [6.45, 7) is 13.4. The molecule has 1 saturated carbocycles. The summed E-state index contributed by atoms with van der Waals surface area (Å²) in [6.07, 6.45) is 10.2. The molecule has 0 aromatic rings. The summed E-state index contributed by atoms with van der Waals surface area (Å²) in [4.78, 5) is 0. The van der Waals surface area contributed by atoms with Gasteiger partial charge in [0.1, 0.15) is 5.76 Å². The van der Waals surface area contributed by atoms with Gasteiger partial charge in [0.2, 0.25) is 0 Å². The summed E-state index contributed by atoms with van der Waals surface area (Å²) in [5.41, 5.74) is 0.210. The molecule has 0 N–H and O–H groups in total. The summed E-state index contributed by atoms with van der Waals surface area (Å²) in [6, 6.07) is 0. The van der Waals surface area contributed by atoms with Gasteiger partial charge >= 0.3 is 0 Å². The summed E-state index contributed by atoms with van der Waals surface area (Å²) in [7, 11) is 1.27. The maximum atomic E-state index is 13.8. The van der Waals surface area contributed by atoms with Gasteiger partial charge < -0.3 is 4.74 Å². The third-order valence-electron chi connectivity index (χ3n) is 4.51. The van der Waals surface area contributed by atoms with Crippen LogP contribution < -0.4 is 0 Å². The van der Waals surface area contributed by atoms with E-state index in [1.54, 1.807) is 0 Å². The molecule has 0 saturated heterocycles. The van der Waals surface area contributed by atoms with Gasteiger partial charge in [-0.3, -0.25) is 0 Å². The molecule has 3 heteroatoms. The molecule has 0 spiro atoms. The van der Waals surface area contributed by atoms with Crippen molar-refractivity contribution in [2.45, 2.75) is 78.6 Å². The minimum Gasteiger partial charge on any atom is -0.494 e. The highest BCUT2D eigenvalue weighted by molar-refractivity contribution is 5.32. The maximum absolute atomic E-state index is 13.8. The van der Waals surface area contributed by atoms with E-state index < -0.39 is 11.7 Å². The number of methoxy groups -OCH3 is 1. The first-order chi connectivity index (χ1) is 11.4. The number of allylic oxidation sites excluding steroid dienone is 3. The number of ether oxygens (including phenoxy) is 1. The smallest absolute Gasteiger partial charge is 0.200 e. The van der Waals surface area contributed by atoms with Crippen LogP contribution in [0.4, 0.5) is 8.78 Å². The van der Waals surface area contributed by atoms with Crippen LogP contribution in [0.3, 0.4) is 0 Å². The Morgan fingerprint density at radius 3 is 1.79 bits per heavy atom. The second kappa shape index (κ2) is 13.2. The zero-order valence-corrected chi connectivity index (χ0v) is 16.1. The molecule has 24 heavy (non-hydrogen) atoms. The molecule has 0 unspecified atom stereocenters. The van der Waals surface area contributed by atoms with E-state index in [4.69, 9.17) is 0 Å². The van der Waals surface area contributed by atoms with Crippen LogP contribution in [0.1, 0.15) is 78.6 Å². The molecule has 1 aliphatic rings. The van der Waals surface area contributed by atoms with Crippen LogP contribution in [-0.2, 0) is 4.74 Å². The van der Waals surface area contributed by atoms with E-state index >= 15 is 0 Å². The molecule has 0 bridgehead atoms. The molecule has 1 aliphatic carbocycles. The predicted molar refractivity (Wildman–Crippen MR) is 100 cm³/mol. The van der Waals surface area contributed by atoms with E-state index in [1.807, 2.05) is 0 Å². The average Bonchev–Trinajstić information content (AvgIpc) is 2.59. The quantitative estimate of drug-likeness (QED) is 0.325. The van der Waals surface area contributed by atoms with Crippen molar-refractivity contribution in [3.05, 3.63) is 36.1 Å². The van der Waals surface area contributed by atoms with Gasteiger partial charge in [0.05, 0.1) is 7.11 Å². The topological polar surface area (TPSA) is 9.23 Å². The van der Waals surface area contributed by atoms with Crippen molar-refractivity contribution < 1.29 is 13.5 Å². The molecule has 1 nitrogen and oxygen atoms in total. The lowest BCUT2D eigenvalue weighted by atomic mass is 9.78. The van der Waals surface area contributed by atoms with Crippen LogP contribution >= 0.6 is 0 Å². The van der Waals surface area contributed by atoms with Gasteiger partial charge in [-0.1, -0.05) is 78.9 Å². The zero-order chi connectivity index (χ0) is 18.5. The molecule has 0 aromatic carbocycles. The molecular formula is C21H36F2O. The lowest BCUT2D eigenvalue weighted by molar-refractivity contribution is 0.251. The van der Waals surface area contributed by atoms with Crippen molar-refractivity contribution >= 4 is 0 Å². The summed E-state index contributed by atoms with van der Waals surface area (Å²) in [5.74, 6) is -0.741. The highest BCUT2D eigenvalue weighted by Gasteiger charge is 2.21. The van der Waals surface area contributed by atoms with Crippen LogP contribution in [-0.4, -0.2) is 7.11 Å². The second-order valence-electron chi connectivity index (χ2n) is 6.78. The normalized spacial score (nSPS) is 21.2. The van der Waals surface area contributed by atoms with Crippen LogP contribution in [0.2, 0.25) is 0 Å². The van der Waals surface area contributed by atoms with Gasteiger partial charge in [-0.15, -0.1) is 0 Å². The maximum Gasteiger partial charge on any atom is 0.200 e. The standard InChI is InChI=1S/C18H28F2O.C3H8/c1-5-6-15-9-11-16(12-10-15)8-7-13(2)17(19)18(20)14(3)21-4;1-3-2/h15-16H,2-3,5-12H2,1,4H3;3H2,1-2H3/b18-17-;. The van der Waals surface area contributed by atoms with Crippen molar-refractivity contribution in [2.24, 2.45) is 11.8 Å². The number of hydrogen-bond donors (Lipinski definition) is 0. The highest BCUT2D eigenvalue weighted by atomic mass is 19.2. The average molecular weight is 343 g/mol. The summed E-state index contributed by atoms with van der Waals surface area (Å²) < 4.78 is 32.0. The molecule has 0 heterocycles. The Labute approximate surface area is 147 Å². The van der Waals surface area contributed by atoms with Gasteiger partial charge in [0, 0.05) is 0 Å². The Hall–Kier alpha value is -1.12. The minimum atomic E-state index is -1.03. The minimum absolute atomic E-state index is 0.210. The molecule has 1 rings (SSSR count). The fourth-order valence-corrected chi connectivity index (χ4v) is 3.07. The molecule has 0 radical (unpaired) electrons. The Kier molecular flexibility index (Phi) is 12.6. The molecular weight excluding hydrogens is 306 g/mol. The molecule has 0 aromatic heterocycles. The number of rotatable bonds is 8. The highest BCUT2D eigenvalue weighted by Crippen LogP contribution is 2.35. The van der Waals surface area contributed by atoms with Crippen molar-refractivity contribution in [1.29, 1.82) is 0 Å². The molecule has 140 valence electrons. The summed E-state index contributed by atoms with van der Waals surface area (Å²) in [5, 5.41) is 0. The van der Waals surface area contributed by atoms with E-state index in [2.05, 4.69) is 38.7 Å². The second-order valence-corrected chi connectivity index (χ2v) is 6.78. The third kappa shape index (κ3) is 8.65. The van der Waals surface area contributed by atoms with E-state index in [0.717, 1.165) is 12.3 Å². The van der Waals surface area contributed by atoms with E-state index in [1.165, 1.54) is 52.1 Å². The fourth-order valence-electron chi connectivity index (χ4n) is 3.07. The SMILES string of the molecule is C=C(CCC1CCC(CCC)CC1)/C(F)=C(/F)C(=C)OC.CCC. The van der Waals surface area contributed by atoms with Crippen LogP contribution in [0.25, 0.3) is 0 Å². The van der Waals surface area contributed by atoms with Gasteiger partial charge in [-0.05, 0) is 30.3 Å². The van der Waals surface area contributed by atoms with Gasteiger partial charge in [-0.2, -0.15) is 4.39 Å². The van der Waals surface area contributed by atoms with Gasteiger partial charge in [-0.25, -0.2) is 4.39 Å². The molecule has 0 amide bonds. The Morgan fingerprint density at radius 1 is 0.917 bits per heavy atom. The lowest BCUT2D eigenvalue weighted by Gasteiger charge is -2.28. The first-order valence-corrected chi connectivity index (χ1v) is 9.37. The third-order valence-corrected chi connectivity index (χ3v) is 4.51. The van der Waals surface area contributed by atoms with Crippen molar-refractivity contribution in [1.82, 2.24) is 0 Å². The van der Waals surface area contributed by atoms with Gasteiger partial charge in [0.25, 0.3) is 0 Å². The van der Waals surface area contributed by atoms with Crippen molar-refractivity contribution in [3.8, 4) is 0 Å². The first kappa shape index (κ1) is 22.9.